The van der Waals surface area contributed by atoms with E-state index in [0.29, 0.717) is 0 Å². The van der Waals surface area contributed by atoms with Crippen LogP contribution >= 0.6 is 15.6 Å². The minimum Gasteiger partial charge on any atom is -0.463 e. The number of aliphatic hydroxyl groups is 21. The van der Waals surface area contributed by atoms with Crippen molar-refractivity contribution in [3.8, 4) is 0 Å². The number of hydrogen-bond acceptors (Lipinski definition) is 52. The third kappa shape index (κ3) is 26.9. The lowest BCUT2D eigenvalue weighted by Gasteiger charge is -2.51. The average molecular weight is 1930 g/mol. The van der Waals surface area contributed by atoms with E-state index in [-0.39, 0.29) is 0 Å². The van der Waals surface area contributed by atoms with Gasteiger partial charge in [-0.25, -0.2) is 9.13 Å². The number of carbonyl (C=O) groups excluding carboxylic acids is 7. The van der Waals surface area contributed by atoms with Crippen LogP contribution in [0.2, 0.25) is 0 Å². The lowest BCUT2D eigenvalue weighted by molar-refractivity contribution is -0.399. The minimum atomic E-state index is -5.83. The van der Waals surface area contributed by atoms with Gasteiger partial charge in [-0.1, -0.05) is 0 Å². The Kier molecular flexibility index (Phi) is 39.0. The summed E-state index contributed by atoms with van der Waals surface area (Å²) in [7, 11) is -11.2. The van der Waals surface area contributed by atoms with Crippen molar-refractivity contribution >= 4 is 57.2 Å². The van der Waals surface area contributed by atoms with E-state index in [4.69, 9.17) is 99.0 Å². The van der Waals surface area contributed by atoms with Gasteiger partial charge in [0, 0.05) is 48.5 Å². The standard InChI is InChI=1S/C68H112N4O55P2/c1-17(77)69-33-42(90)53(26(10-75)113-60(33)72-20(4)80)122-61-34(70-18(2)78)43(91)54(27(11-76)116-61)123-67-52(100)58(41(89)29(119-67)13-108-64-51(99)57(124-65-49(97)44(92)36(84)24(8-73)114-65)40(88)28(117-64)12-107-63-48(96)45(93)38(86)30(118-63)15-109-128(101,102)103)125-68-59(47(95)37(85)25(9-74)115-68)126-66-50(98)46(94)39(87)31(120-66)16-110-129(104,105)127-62-35(71-19(3)79)56(112-23(7)83)55(111-22(6)82)32(121-62)14-106-21(5)81/h24-68,73-76,84-100H,8-16H2,1-7H3,(H,69,77)(H,70,78)(H,71,79)(H,72,80)(H,104,105)(H2,101,102,103)/t24-,25-,26-,27-,28-,29-,30-,31-,32-,33-,34-,35-,36-,37-,38-,39-,40-,41-,42-,43-,44+,45+,46+,47+,48+,49+,50+,51+,52+,53-,54-,55-,56-,57+,58+,59+,60-,61+,62-,63+,64+,65-,66-,67+,68-/m1/s1. The number of phosphoric acid groups is 2. The largest absolute Gasteiger partial charge is 0.474 e. The molecule has 0 bridgehead atoms. The third-order valence-corrected chi connectivity index (χ3v) is 23.0. The molecule has 9 heterocycles. The highest BCUT2D eigenvalue weighted by atomic mass is 31.2. The number of ether oxygens (including phenoxy) is 19. The SMILES string of the molecule is CC(=O)N[C@@H]1[C@@H](O)[C@H](O[C@@H]2O[C@H](CO)[C@@H](O[C@@H]3O[C@H](CO[C@H]4O[C@H](CO[C@H]5O[C@H](COP(=O)(O)O)[C@@H](O)[C@H](O)[C@@H]5O)[C@@H](O)[C@H](O[C@H]5O[C@H](CO)[C@@H](O)[C@H](O)[C@@H]5O)[C@@H]4O)[C@@H](O)[C@H](O[C@H]4O[C@H](CO)[C@@H](O)[C@H](O)[C@@H]4O[C@H]4O[C@H](COP(=O)(O)O[C@H]5O[C@H](COC(C)=O)[C@@H](OC(C)=O)[C@H](OC(C)=O)[C@H]5NC(C)=O)[C@@H](O)[C@H](O)[C@@H]4O)[C@@H]3O)[C@H](O)[C@H]2NC(C)=O)[C@@H](CO)O[C@H]1NC(C)=O. The molecule has 0 spiro atoms. The van der Waals surface area contributed by atoms with Gasteiger partial charge in [-0.2, -0.15) is 0 Å². The van der Waals surface area contributed by atoms with Crippen molar-refractivity contribution < 1.29 is 268 Å². The Bertz CT molecular complexity index is 3760. The van der Waals surface area contributed by atoms with Crippen LogP contribution in [0.1, 0.15) is 48.5 Å². The summed E-state index contributed by atoms with van der Waals surface area (Å²) >= 11 is 0. The van der Waals surface area contributed by atoms with Gasteiger partial charge in [-0.3, -0.25) is 47.1 Å². The second kappa shape index (κ2) is 46.7. The van der Waals surface area contributed by atoms with Gasteiger partial charge >= 0.3 is 33.6 Å². The van der Waals surface area contributed by atoms with Gasteiger partial charge in [0.1, 0.15) is 214 Å². The second-order valence-electron chi connectivity index (χ2n) is 31.2. The Morgan fingerprint density at radius 2 is 0.628 bits per heavy atom. The van der Waals surface area contributed by atoms with E-state index < -0.39 is 393 Å². The quantitative estimate of drug-likeness (QED) is 0.0157. The monoisotopic (exact) mass is 1930 g/mol. The highest BCUT2D eigenvalue weighted by Crippen LogP contribution is 2.49. The molecule has 0 saturated carbocycles. The smallest absolute Gasteiger partial charge is 0.463 e. The third-order valence-electron chi connectivity index (χ3n) is 21.6. The van der Waals surface area contributed by atoms with E-state index in [1.807, 2.05) is 0 Å². The topological polar surface area (TPSA) is 890 Å². The van der Waals surface area contributed by atoms with Crippen molar-refractivity contribution in [2.24, 2.45) is 0 Å². The molecular formula is C68H112N4O55P2. The Balaban J connectivity index is 1.04. The molecule has 0 aromatic rings. The first-order chi connectivity index (χ1) is 60.4. The van der Waals surface area contributed by atoms with Gasteiger partial charge in [0.25, 0.3) is 0 Å². The van der Waals surface area contributed by atoms with Crippen LogP contribution in [0.15, 0.2) is 0 Å². The van der Waals surface area contributed by atoms with Crippen LogP contribution in [0.4, 0.5) is 0 Å². The van der Waals surface area contributed by atoms with Gasteiger partial charge in [-0.05, 0) is 0 Å². The Labute approximate surface area is 728 Å². The van der Waals surface area contributed by atoms with Crippen molar-refractivity contribution in [2.75, 3.05) is 59.5 Å². The zero-order chi connectivity index (χ0) is 95.8. The number of amides is 4. The summed E-state index contributed by atoms with van der Waals surface area (Å²) < 4.78 is 150. The summed E-state index contributed by atoms with van der Waals surface area (Å²) in [5, 5.41) is 248. The second-order valence-corrected chi connectivity index (χ2v) is 33.8. The Hall–Kier alpha value is -4.97. The van der Waals surface area contributed by atoms with Crippen LogP contribution in [-0.4, -0.2) is 499 Å². The molecular weight excluding hydrogens is 1810 g/mol. The maximum atomic E-state index is 14.0. The molecule has 9 aliphatic heterocycles. The van der Waals surface area contributed by atoms with Crippen molar-refractivity contribution in [3.05, 3.63) is 0 Å². The maximum Gasteiger partial charge on any atom is 0.474 e. The van der Waals surface area contributed by atoms with Crippen molar-refractivity contribution in [2.45, 2.75) is 325 Å². The fourth-order valence-electron chi connectivity index (χ4n) is 15.3. The lowest BCUT2D eigenvalue weighted by Crippen LogP contribution is -2.71. The summed E-state index contributed by atoms with van der Waals surface area (Å²) in [6, 6.07) is -5.49. The lowest BCUT2D eigenvalue weighted by atomic mass is 9.93. The molecule has 9 rings (SSSR count). The van der Waals surface area contributed by atoms with Crippen LogP contribution in [0.5, 0.6) is 0 Å². The molecule has 0 aromatic carbocycles. The number of carbonyl (C=O) groups is 7. The summed E-state index contributed by atoms with van der Waals surface area (Å²) in [6.07, 6.45) is -93.3. The molecule has 1 unspecified atom stereocenters. The predicted molar refractivity (Wildman–Crippen MR) is 394 cm³/mol. The van der Waals surface area contributed by atoms with Gasteiger partial charge < -0.3 is 233 Å². The molecule has 59 nitrogen and oxygen atoms in total. The summed E-state index contributed by atoms with van der Waals surface area (Å²) in [5.41, 5.74) is 0. The van der Waals surface area contributed by atoms with Gasteiger partial charge in [0.05, 0.1) is 52.9 Å². The Morgan fingerprint density at radius 3 is 1.11 bits per heavy atom. The first-order valence-electron chi connectivity index (χ1n) is 39.8. The number of nitrogens with one attached hydrogen (secondary N) is 4. The molecule has 129 heavy (non-hydrogen) atoms. The fourth-order valence-corrected chi connectivity index (χ4v) is 16.4. The minimum absolute atomic E-state index is 0.749. The van der Waals surface area contributed by atoms with E-state index in [2.05, 4.69) is 25.8 Å². The molecule has 0 aromatic heterocycles. The van der Waals surface area contributed by atoms with E-state index in [1.165, 1.54) is 0 Å². The molecule has 9 saturated heterocycles. The predicted octanol–water partition coefficient (Wildman–Crippen LogP) is -18.1. The molecule has 9 aliphatic rings. The zero-order valence-corrected chi connectivity index (χ0v) is 70.9. The first-order valence-corrected chi connectivity index (χ1v) is 42.8. The van der Waals surface area contributed by atoms with Crippen molar-refractivity contribution in [3.63, 3.8) is 0 Å². The zero-order valence-electron chi connectivity index (χ0n) is 69.1. The van der Waals surface area contributed by atoms with Crippen molar-refractivity contribution in [1.82, 2.24) is 21.3 Å². The van der Waals surface area contributed by atoms with Gasteiger partial charge in [-0.15, -0.1) is 0 Å². The van der Waals surface area contributed by atoms with Crippen LogP contribution in [0.3, 0.4) is 0 Å². The average Bonchev–Trinajstić information content (AvgIpc) is 0.762. The summed E-state index contributed by atoms with van der Waals surface area (Å²) in [5.74, 6) is -6.59. The molecule has 0 aliphatic carbocycles. The van der Waals surface area contributed by atoms with Gasteiger partial charge in [0.2, 0.25) is 23.6 Å². The Morgan fingerprint density at radius 1 is 0.279 bits per heavy atom. The molecule has 46 atom stereocenters. The maximum absolute atomic E-state index is 14.0. The van der Waals surface area contributed by atoms with Crippen LogP contribution < -0.4 is 21.3 Å². The molecule has 0 radical (unpaired) electrons. The van der Waals surface area contributed by atoms with Crippen LogP contribution in [0, 0.1) is 0 Å². The van der Waals surface area contributed by atoms with E-state index in [9.17, 15) is 165 Å². The normalized spacial score (nSPS) is 44.5. The number of phosphoric ester groups is 2. The van der Waals surface area contributed by atoms with E-state index in [0.717, 1.165) is 48.5 Å². The fraction of sp³-hybridized carbons (Fsp3) is 0.897. The molecule has 9 fully saturated rings. The first kappa shape index (κ1) is 108. The molecule has 61 heteroatoms. The van der Waals surface area contributed by atoms with E-state index in [1.54, 1.807) is 0 Å². The number of aliphatic hydroxyl groups excluding tert-OH is 21. The number of rotatable bonds is 36. The molecule has 744 valence electrons. The summed E-state index contributed by atoms with van der Waals surface area (Å²) in [4.78, 5) is 117. The van der Waals surface area contributed by atoms with Crippen LogP contribution in [0.25, 0.3) is 0 Å². The van der Waals surface area contributed by atoms with Crippen LogP contribution in [-0.2, 0) is 146 Å². The molecule has 28 N–H and O–H groups in total. The molecule has 4 amide bonds. The number of esters is 3. The van der Waals surface area contributed by atoms with Crippen molar-refractivity contribution in [1.29, 1.82) is 0 Å². The van der Waals surface area contributed by atoms with E-state index >= 15 is 0 Å². The van der Waals surface area contributed by atoms with Gasteiger partial charge in [0.15, 0.2) is 68.8 Å². The highest BCUT2D eigenvalue weighted by molar-refractivity contribution is 7.47. The highest BCUT2D eigenvalue weighted by Gasteiger charge is 2.61. The summed E-state index contributed by atoms with van der Waals surface area (Å²) in [6.45, 7) is -3.97. The number of hydrogen-bond donors (Lipinski definition) is 28.